The largest absolute Gasteiger partial charge is 0.480 e. The van der Waals surface area contributed by atoms with Crippen molar-refractivity contribution >= 4 is 23.2 Å². The molecule has 0 spiro atoms. The first-order valence-corrected chi connectivity index (χ1v) is 8.40. The number of aliphatic carboxylic acids is 1. The number of likely N-dealkylation sites (N-methyl/N-ethyl adjacent to an activating group) is 1. The van der Waals surface area contributed by atoms with Crippen LogP contribution in [-0.2, 0) is 9.59 Å². The lowest BCUT2D eigenvalue weighted by Gasteiger charge is -2.24. The van der Waals surface area contributed by atoms with Crippen LogP contribution in [0.1, 0.15) is 17.8 Å². The van der Waals surface area contributed by atoms with E-state index in [9.17, 15) is 14.7 Å². The molecular formula is C15H23N3O4S. The number of hydrogen-bond acceptors (Lipinski definition) is 6. The Hall–Kier alpha value is -1.48. The van der Waals surface area contributed by atoms with Crippen LogP contribution in [0.25, 0.3) is 0 Å². The number of nitrogens with one attached hydrogen (secondary N) is 1. The molecular weight excluding hydrogens is 318 g/mol. The maximum atomic E-state index is 12.1. The molecule has 0 aromatic carbocycles. The molecule has 2 heterocycles. The van der Waals surface area contributed by atoms with E-state index >= 15 is 0 Å². The molecule has 1 aliphatic rings. The van der Waals surface area contributed by atoms with Crippen LogP contribution in [0.3, 0.4) is 0 Å². The zero-order valence-corrected chi connectivity index (χ0v) is 14.1. The molecule has 1 fully saturated rings. The predicted molar refractivity (Wildman–Crippen MR) is 87.4 cm³/mol. The number of hydrogen-bond donors (Lipinski definition) is 3. The summed E-state index contributed by atoms with van der Waals surface area (Å²) in [5, 5.41) is 23.8. The van der Waals surface area contributed by atoms with Gasteiger partial charge < -0.3 is 15.5 Å². The molecule has 1 amide bonds. The van der Waals surface area contributed by atoms with E-state index < -0.39 is 12.1 Å². The summed E-state index contributed by atoms with van der Waals surface area (Å²) in [7, 11) is 1.67. The lowest BCUT2D eigenvalue weighted by Crippen LogP contribution is -2.43. The Labute approximate surface area is 139 Å². The lowest BCUT2D eigenvalue weighted by molar-refractivity contribution is -0.138. The van der Waals surface area contributed by atoms with Gasteiger partial charge in [-0.15, -0.1) is 11.3 Å². The Balaban J connectivity index is 1.82. The number of carbonyl (C=O) groups excluding carboxylic acids is 1. The number of amides is 1. The van der Waals surface area contributed by atoms with Gasteiger partial charge in [-0.1, -0.05) is 6.07 Å². The number of carboxylic acid groups (broad SMARTS) is 1. The molecule has 2 unspecified atom stereocenters. The summed E-state index contributed by atoms with van der Waals surface area (Å²) in [6, 6.07) is 3.61. The Morgan fingerprint density at radius 2 is 2.26 bits per heavy atom. The Bertz CT molecular complexity index is 537. The molecule has 0 radical (unpaired) electrons. The van der Waals surface area contributed by atoms with Crippen molar-refractivity contribution in [2.45, 2.75) is 25.1 Å². The van der Waals surface area contributed by atoms with E-state index in [0.29, 0.717) is 13.1 Å². The number of rotatable bonds is 7. The van der Waals surface area contributed by atoms with E-state index in [1.54, 1.807) is 23.3 Å². The van der Waals surface area contributed by atoms with E-state index in [4.69, 9.17) is 5.11 Å². The smallest absolute Gasteiger partial charge is 0.317 e. The zero-order chi connectivity index (χ0) is 17.0. The third-order valence-electron chi connectivity index (χ3n) is 4.00. The van der Waals surface area contributed by atoms with Gasteiger partial charge in [0.25, 0.3) is 0 Å². The minimum atomic E-state index is -0.930. The topological polar surface area (TPSA) is 93.1 Å². The standard InChI is InChI=1S/C15H23N3O4S/c1-10(13-4-3-5-23-13)16-14(20)8-18-6-11(12(19)7-18)17(2)9-15(21)22/h3-5,10-12,19H,6-9H2,1-2H3,(H,16,20)(H,21,22)/t10?,11?,12-/m1/s1. The van der Waals surface area contributed by atoms with Crippen LogP contribution in [0.15, 0.2) is 17.5 Å². The van der Waals surface area contributed by atoms with Crippen molar-refractivity contribution in [2.24, 2.45) is 0 Å². The van der Waals surface area contributed by atoms with Gasteiger partial charge in [0.1, 0.15) is 0 Å². The van der Waals surface area contributed by atoms with Gasteiger partial charge in [-0.3, -0.25) is 19.4 Å². The highest BCUT2D eigenvalue weighted by Crippen LogP contribution is 2.18. The number of aliphatic hydroxyl groups is 1. The minimum absolute atomic E-state index is 0.0412. The highest BCUT2D eigenvalue weighted by atomic mass is 32.1. The summed E-state index contributed by atoms with van der Waals surface area (Å²) in [5.41, 5.74) is 0. The van der Waals surface area contributed by atoms with Gasteiger partial charge in [0.2, 0.25) is 5.91 Å². The number of nitrogens with zero attached hydrogens (tertiary/aromatic N) is 2. The van der Waals surface area contributed by atoms with Crippen LogP contribution in [0.2, 0.25) is 0 Å². The number of likely N-dealkylation sites (tertiary alicyclic amines) is 1. The van der Waals surface area contributed by atoms with Gasteiger partial charge in [-0.05, 0) is 25.4 Å². The van der Waals surface area contributed by atoms with Gasteiger partial charge in [0.05, 0.1) is 25.2 Å². The van der Waals surface area contributed by atoms with Crippen LogP contribution in [0.5, 0.6) is 0 Å². The summed E-state index contributed by atoms with van der Waals surface area (Å²) in [6.07, 6.45) is -0.651. The molecule has 0 bridgehead atoms. The molecule has 1 aliphatic heterocycles. The Morgan fingerprint density at radius 3 is 2.87 bits per heavy atom. The van der Waals surface area contributed by atoms with Crippen molar-refractivity contribution in [3.63, 3.8) is 0 Å². The van der Waals surface area contributed by atoms with Crippen LogP contribution in [0, 0.1) is 0 Å². The number of β-amino-alcohol motifs (C(OH)–C–C–N with tert-alkyl or cyclic N) is 1. The van der Waals surface area contributed by atoms with Crippen molar-refractivity contribution in [1.82, 2.24) is 15.1 Å². The lowest BCUT2D eigenvalue weighted by atomic mass is 10.2. The number of aliphatic hydroxyl groups excluding tert-OH is 1. The zero-order valence-electron chi connectivity index (χ0n) is 13.3. The third-order valence-corrected chi connectivity index (χ3v) is 5.06. The summed E-state index contributed by atoms with van der Waals surface area (Å²) < 4.78 is 0. The van der Waals surface area contributed by atoms with Crippen molar-refractivity contribution < 1.29 is 19.8 Å². The second-order valence-electron chi connectivity index (χ2n) is 5.94. The third kappa shape index (κ3) is 5.00. The van der Waals surface area contributed by atoms with E-state index in [2.05, 4.69) is 5.32 Å². The first-order chi connectivity index (χ1) is 10.9. The molecule has 1 saturated heterocycles. The minimum Gasteiger partial charge on any atom is -0.480 e. The molecule has 0 aliphatic carbocycles. The molecule has 0 saturated carbocycles. The molecule has 3 atom stereocenters. The predicted octanol–water partition coefficient (Wildman–Crippen LogP) is -0.0132. The van der Waals surface area contributed by atoms with Crippen LogP contribution >= 0.6 is 11.3 Å². The van der Waals surface area contributed by atoms with Crippen molar-refractivity contribution in [2.75, 3.05) is 33.2 Å². The number of carbonyl (C=O) groups is 2. The molecule has 128 valence electrons. The second-order valence-corrected chi connectivity index (χ2v) is 6.92. The van der Waals surface area contributed by atoms with Crippen LogP contribution < -0.4 is 5.32 Å². The molecule has 1 aromatic rings. The summed E-state index contributed by atoms with van der Waals surface area (Å²) >= 11 is 1.60. The molecule has 3 N–H and O–H groups in total. The van der Waals surface area contributed by atoms with Gasteiger partial charge >= 0.3 is 5.97 Å². The quantitative estimate of drug-likeness (QED) is 0.646. The van der Waals surface area contributed by atoms with Gasteiger partial charge in [-0.2, -0.15) is 0 Å². The van der Waals surface area contributed by atoms with E-state index in [0.717, 1.165) is 4.88 Å². The monoisotopic (exact) mass is 341 g/mol. The number of thiophene rings is 1. The van der Waals surface area contributed by atoms with Gasteiger partial charge in [-0.25, -0.2) is 0 Å². The number of carboxylic acids is 1. The molecule has 1 aromatic heterocycles. The fourth-order valence-corrected chi connectivity index (χ4v) is 3.57. The van der Waals surface area contributed by atoms with Crippen molar-refractivity contribution in [3.05, 3.63) is 22.4 Å². The average Bonchev–Trinajstić information content (AvgIpc) is 3.07. The highest BCUT2D eigenvalue weighted by Gasteiger charge is 2.35. The molecule has 2 rings (SSSR count). The maximum absolute atomic E-state index is 12.1. The second kappa shape index (κ2) is 7.87. The van der Waals surface area contributed by atoms with E-state index in [1.165, 1.54) is 0 Å². The fourth-order valence-electron chi connectivity index (χ4n) is 2.84. The van der Waals surface area contributed by atoms with Gasteiger partial charge in [0, 0.05) is 24.0 Å². The molecule has 8 heteroatoms. The molecule has 7 nitrogen and oxygen atoms in total. The van der Waals surface area contributed by atoms with Crippen molar-refractivity contribution in [3.8, 4) is 0 Å². The first kappa shape index (κ1) is 17.9. The average molecular weight is 341 g/mol. The van der Waals surface area contributed by atoms with E-state index in [1.807, 2.05) is 29.3 Å². The molecule has 23 heavy (non-hydrogen) atoms. The summed E-state index contributed by atoms with van der Waals surface area (Å²) in [5.74, 6) is -1.03. The highest BCUT2D eigenvalue weighted by molar-refractivity contribution is 7.10. The normalized spacial score (nSPS) is 23.1. The summed E-state index contributed by atoms with van der Waals surface area (Å²) in [4.78, 5) is 27.5. The Morgan fingerprint density at radius 1 is 1.52 bits per heavy atom. The van der Waals surface area contributed by atoms with Crippen LogP contribution in [0.4, 0.5) is 0 Å². The van der Waals surface area contributed by atoms with E-state index in [-0.39, 0.29) is 31.1 Å². The first-order valence-electron chi connectivity index (χ1n) is 7.52. The summed E-state index contributed by atoms with van der Waals surface area (Å²) in [6.45, 7) is 2.86. The van der Waals surface area contributed by atoms with Crippen LogP contribution in [-0.4, -0.2) is 77.3 Å². The SMILES string of the molecule is CC(NC(=O)CN1CC(N(C)CC(=O)O)[C@H](O)C1)c1cccs1. The van der Waals surface area contributed by atoms with Gasteiger partial charge in [0.15, 0.2) is 0 Å². The maximum Gasteiger partial charge on any atom is 0.317 e. The fraction of sp³-hybridized carbons (Fsp3) is 0.600. The van der Waals surface area contributed by atoms with Crippen molar-refractivity contribution in [1.29, 1.82) is 0 Å². The Kier molecular flexibility index (Phi) is 6.11.